The lowest BCUT2D eigenvalue weighted by Gasteiger charge is -2.25. The van der Waals surface area contributed by atoms with E-state index in [1.807, 2.05) is 13.8 Å². The Labute approximate surface area is 128 Å². The Bertz CT molecular complexity index is 307. The molecule has 0 fully saturated rings. The SMILES string of the molecule is CCC[C@H](NC(=O)N(CC)CCCN(CC)CC)C(=O)O. The Hall–Kier alpha value is -1.30. The van der Waals surface area contributed by atoms with Crippen molar-refractivity contribution in [3.05, 3.63) is 0 Å². The second kappa shape index (κ2) is 11.4. The molecule has 0 bridgehead atoms. The number of nitrogens with one attached hydrogen (secondary N) is 1. The summed E-state index contributed by atoms with van der Waals surface area (Å²) in [5.74, 6) is -0.968. The van der Waals surface area contributed by atoms with Gasteiger partial charge in [-0.2, -0.15) is 0 Å². The van der Waals surface area contributed by atoms with Gasteiger partial charge in [-0.15, -0.1) is 0 Å². The molecule has 0 saturated heterocycles. The Morgan fingerprint density at radius 3 is 2.10 bits per heavy atom. The summed E-state index contributed by atoms with van der Waals surface area (Å²) in [5, 5.41) is 11.7. The first-order valence-corrected chi connectivity index (χ1v) is 8.00. The zero-order valence-corrected chi connectivity index (χ0v) is 13.9. The molecule has 0 aromatic heterocycles. The molecule has 0 aromatic rings. The largest absolute Gasteiger partial charge is 0.480 e. The summed E-state index contributed by atoms with van der Waals surface area (Å²) in [6, 6.07) is -1.07. The van der Waals surface area contributed by atoms with Crippen LogP contribution in [-0.2, 0) is 4.79 Å². The van der Waals surface area contributed by atoms with Crippen molar-refractivity contribution >= 4 is 12.0 Å². The summed E-state index contributed by atoms with van der Waals surface area (Å²) >= 11 is 0. The van der Waals surface area contributed by atoms with Gasteiger partial charge in [-0.1, -0.05) is 27.2 Å². The molecule has 0 unspecified atom stereocenters. The van der Waals surface area contributed by atoms with Crippen molar-refractivity contribution in [2.45, 2.75) is 53.0 Å². The minimum Gasteiger partial charge on any atom is -0.480 e. The van der Waals surface area contributed by atoms with E-state index in [0.29, 0.717) is 19.5 Å². The number of carboxylic acid groups (broad SMARTS) is 1. The molecular weight excluding hydrogens is 270 g/mol. The maximum absolute atomic E-state index is 12.1. The average Bonchev–Trinajstić information content (AvgIpc) is 2.46. The van der Waals surface area contributed by atoms with Gasteiger partial charge in [-0.25, -0.2) is 9.59 Å². The van der Waals surface area contributed by atoms with Crippen molar-refractivity contribution in [3.63, 3.8) is 0 Å². The highest BCUT2D eigenvalue weighted by Crippen LogP contribution is 2.01. The van der Waals surface area contributed by atoms with Gasteiger partial charge >= 0.3 is 12.0 Å². The Morgan fingerprint density at radius 1 is 1.05 bits per heavy atom. The van der Waals surface area contributed by atoms with Crippen LogP contribution in [0, 0.1) is 0 Å². The van der Waals surface area contributed by atoms with E-state index in [2.05, 4.69) is 24.1 Å². The Balaban J connectivity index is 4.31. The van der Waals surface area contributed by atoms with E-state index in [1.54, 1.807) is 4.90 Å². The van der Waals surface area contributed by atoms with Gasteiger partial charge < -0.3 is 20.2 Å². The molecule has 2 amide bonds. The number of aliphatic carboxylic acids is 1. The van der Waals surface area contributed by atoms with Gasteiger partial charge in [0, 0.05) is 13.1 Å². The van der Waals surface area contributed by atoms with E-state index in [1.165, 1.54) is 0 Å². The van der Waals surface area contributed by atoms with E-state index < -0.39 is 12.0 Å². The number of hydrogen-bond acceptors (Lipinski definition) is 3. The number of carbonyl (C=O) groups excluding carboxylic acids is 1. The van der Waals surface area contributed by atoms with Crippen LogP contribution >= 0.6 is 0 Å². The standard InChI is InChI=1S/C15H31N3O3/c1-5-10-13(14(19)20)16-15(21)18(8-4)12-9-11-17(6-2)7-3/h13H,5-12H2,1-4H3,(H,16,21)(H,19,20)/t13-/m0/s1. The van der Waals surface area contributed by atoms with Crippen LogP contribution in [0.25, 0.3) is 0 Å². The van der Waals surface area contributed by atoms with Gasteiger partial charge in [-0.3, -0.25) is 0 Å². The van der Waals surface area contributed by atoms with Crippen LogP contribution in [0.15, 0.2) is 0 Å². The first-order valence-electron chi connectivity index (χ1n) is 8.00. The van der Waals surface area contributed by atoms with Crippen molar-refractivity contribution in [3.8, 4) is 0 Å². The summed E-state index contributed by atoms with van der Waals surface area (Å²) < 4.78 is 0. The molecule has 0 aliphatic heterocycles. The first kappa shape index (κ1) is 19.7. The zero-order chi connectivity index (χ0) is 16.3. The summed E-state index contributed by atoms with van der Waals surface area (Å²) in [7, 11) is 0. The molecule has 2 N–H and O–H groups in total. The summed E-state index contributed by atoms with van der Waals surface area (Å²) in [5.41, 5.74) is 0. The molecule has 0 rings (SSSR count). The maximum Gasteiger partial charge on any atom is 0.326 e. The monoisotopic (exact) mass is 301 g/mol. The van der Waals surface area contributed by atoms with Gasteiger partial charge in [0.1, 0.15) is 6.04 Å². The minimum atomic E-state index is -0.968. The molecule has 1 atom stereocenters. The van der Waals surface area contributed by atoms with Crippen LogP contribution in [-0.4, -0.2) is 65.7 Å². The Morgan fingerprint density at radius 2 is 1.67 bits per heavy atom. The molecule has 0 saturated carbocycles. The van der Waals surface area contributed by atoms with E-state index in [-0.39, 0.29) is 6.03 Å². The maximum atomic E-state index is 12.1. The van der Waals surface area contributed by atoms with Gasteiger partial charge in [0.2, 0.25) is 0 Å². The third-order valence-electron chi connectivity index (χ3n) is 3.64. The number of nitrogens with zero attached hydrogens (tertiary/aromatic N) is 2. The summed E-state index contributed by atoms with van der Waals surface area (Å²) in [4.78, 5) is 27.2. The first-order chi connectivity index (χ1) is 9.99. The van der Waals surface area contributed by atoms with Gasteiger partial charge in [-0.05, 0) is 39.4 Å². The van der Waals surface area contributed by atoms with Gasteiger partial charge in [0.05, 0.1) is 0 Å². The second-order valence-electron chi connectivity index (χ2n) is 5.09. The van der Waals surface area contributed by atoms with Crippen molar-refractivity contribution < 1.29 is 14.7 Å². The van der Waals surface area contributed by atoms with Crippen LogP contribution in [0.2, 0.25) is 0 Å². The Kier molecular flexibility index (Phi) is 10.7. The van der Waals surface area contributed by atoms with Crippen LogP contribution in [0.4, 0.5) is 4.79 Å². The number of carboxylic acids is 1. The van der Waals surface area contributed by atoms with E-state index in [0.717, 1.165) is 32.5 Å². The number of rotatable bonds is 11. The van der Waals surface area contributed by atoms with Crippen LogP contribution in [0.5, 0.6) is 0 Å². The van der Waals surface area contributed by atoms with Crippen LogP contribution in [0.3, 0.4) is 0 Å². The second-order valence-corrected chi connectivity index (χ2v) is 5.09. The minimum absolute atomic E-state index is 0.280. The van der Waals surface area contributed by atoms with E-state index in [9.17, 15) is 9.59 Å². The van der Waals surface area contributed by atoms with Crippen molar-refractivity contribution in [1.82, 2.24) is 15.1 Å². The van der Waals surface area contributed by atoms with Crippen molar-refractivity contribution in [1.29, 1.82) is 0 Å². The number of hydrogen-bond donors (Lipinski definition) is 2. The normalized spacial score (nSPS) is 12.2. The highest BCUT2D eigenvalue weighted by molar-refractivity contribution is 5.82. The van der Waals surface area contributed by atoms with Gasteiger partial charge in [0.15, 0.2) is 0 Å². The van der Waals surface area contributed by atoms with E-state index >= 15 is 0 Å². The molecule has 6 nitrogen and oxygen atoms in total. The molecular formula is C15H31N3O3. The molecule has 124 valence electrons. The molecule has 0 aliphatic carbocycles. The summed E-state index contributed by atoms with van der Waals surface area (Å²) in [6.07, 6.45) is 2.08. The zero-order valence-electron chi connectivity index (χ0n) is 13.9. The fraction of sp³-hybridized carbons (Fsp3) is 0.867. The van der Waals surface area contributed by atoms with Crippen molar-refractivity contribution in [2.75, 3.05) is 32.7 Å². The average molecular weight is 301 g/mol. The fourth-order valence-electron chi connectivity index (χ4n) is 2.21. The molecule has 0 heterocycles. The third-order valence-corrected chi connectivity index (χ3v) is 3.64. The molecule has 21 heavy (non-hydrogen) atoms. The lowest BCUT2D eigenvalue weighted by atomic mass is 10.2. The number of amides is 2. The lowest BCUT2D eigenvalue weighted by Crippen LogP contribution is -2.48. The number of urea groups is 1. The highest BCUT2D eigenvalue weighted by Gasteiger charge is 2.21. The highest BCUT2D eigenvalue weighted by atomic mass is 16.4. The van der Waals surface area contributed by atoms with Gasteiger partial charge in [0.25, 0.3) is 0 Å². The number of carbonyl (C=O) groups is 2. The molecule has 6 heteroatoms. The van der Waals surface area contributed by atoms with Crippen LogP contribution < -0.4 is 5.32 Å². The quantitative estimate of drug-likeness (QED) is 0.612. The lowest BCUT2D eigenvalue weighted by molar-refractivity contribution is -0.139. The topological polar surface area (TPSA) is 72.9 Å². The third kappa shape index (κ3) is 7.90. The predicted molar refractivity (Wildman–Crippen MR) is 84.5 cm³/mol. The smallest absolute Gasteiger partial charge is 0.326 e. The fourth-order valence-corrected chi connectivity index (χ4v) is 2.21. The molecule has 0 radical (unpaired) electrons. The predicted octanol–water partition coefficient (Wildman–Crippen LogP) is 2.00. The van der Waals surface area contributed by atoms with Crippen molar-refractivity contribution in [2.24, 2.45) is 0 Å². The molecule has 0 aromatic carbocycles. The van der Waals surface area contributed by atoms with Crippen LogP contribution in [0.1, 0.15) is 47.0 Å². The molecule has 0 spiro atoms. The van der Waals surface area contributed by atoms with E-state index in [4.69, 9.17) is 5.11 Å². The summed E-state index contributed by atoms with van der Waals surface area (Å²) in [6.45, 7) is 12.3. The molecule has 0 aliphatic rings.